The van der Waals surface area contributed by atoms with Gasteiger partial charge in [-0.3, -0.25) is 0 Å². The molecule has 1 unspecified atom stereocenters. The van der Waals surface area contributed by atoms with Gasteiger partial charge in [0.05, 0.1) is 44.1 Å². The van der Waals surface area contributed by atoms with E-state index in [2.05, 4.69) is 6.92 Å². The van der Waals surface area contributed by atoms with Gasteiger partial charge in [0, 0.05) is 6.54 Å². The minimum atomic E-state index is -1.82. The zero-order chi connectivity index (χ0) is 28.9. The third-order valence-electron chi connectivity index (χ3n) is 5.62. The van der Waals surface area contributed by atoms with Gasteiger partial charge in [0.2, 0.25) is 5.75 Å². The Bertz CT molecular complexity index is 1190. The van der Waals surface area contributed by atoms with E-state index in [-0.39, 0.29) is 0 Å². The molecule has 0 aliphatic carbocycles. The van der Waals surface area contributed by atoms with Gasteiger partial charge in [-0.2, -0.15) is 0 Å². The van der Waals surface area contributed by atoms with Crippen molar-refractivity contribution in [3.05, 3.63) is 47.7 Å². The van der Waals surface area contributed by atoms with Crippen LogP contribution < -0.4 is 18.9 Å². The largest absolute Gasteiger partial charge is 0.495 e. The number of ether oxygens (including phenoxy) is 4. The number of hydrogen-bond acceptors (Lipinski definition) is 9. The maximum absolute atomic E-state index is 11.3. The van der Waals surface area contributed by atoms with Crippen LogP contribution in [0.15, 0.2) is 41.0 Å². The number of benzene rings is 2. The molecule has 0 saturated heterocycles. The maximum atomic E-state index is 11.3. The predicted molar refractivity (Wildman–Crippen MR) is 144 cm³/mol. The van der Waals surface area contributed by atoms with Crippen molar-refractivity contribution in [2.24, 2.45) is 0 Å². The molecule has 3 rings (SSSR count). The van der Waals surface area contributed by atoms with Crippen LogP contribution in [-0.4, -0.2) is 80.2 Å². The number of aliphatic hydroxyl groups excluding tert-OH is 1. The normalized spacial score (nSPS) is 11.5. The molecular formula is C28H37NO10. The summed E-state index contributed by atoms with van der Waals surface area (Å²) >= 11 is 0. The lowest BCUT2D eigenvalue weighted by Gasteiger charge is -2.23. The summed E-state index contributed by atoms with van der Waals surface area (Å²) < 4.78 is 28.8. The lowest BCUT2D eigenvalue weighted by atomic mass is 9.97. The van der Waals surface area contributed by atoms with E-state index >= 15 is 0 Å². The highest BCUT2D eigenvalue weighted by Crippen LogP contribution is 2.49. The number of aliphatic carboxylic acids is 2. The van der Waals surface area contributed by atoms with E-state index in [1.54, 1.807) is 20.5 Å². The summed E-state index contributed by atoms with van der Waals surface area (Å²) in [6, 6.07) is 9.81. The Labute approximate surface area is 227 Å². The SMILES string of the molecule is CCCOc1ccc(CCC(O)c2c(OCCN(C)C)c(OC)c3occc3c2OC)cc1.O=C(O)C(=O)O. The van der Waals surface area contributed by atoms with Crippen LogP contribution in [0.25, 0.3) is 11.0 Å². The molecule has 0 aliphatic rings. The van der Waals surface area contributed by atoms with Crippen LogP contribution >= 0.6 is 0 Å². The molecule has 0 radical (unpaired) electrons. The Morgan fingerprint density at radius 1 is 0.923 bits per heavy atom. The molecule has 11 nitrogen and oxygen atoms in total. The maximum Gasteiger partial charge on any atom is 0.414 e. The van der Waals surface area contributed by atoms with Gasteiger partial charge in [-0.15, -0.1) is 0 Å². The summed E-state index contributed by atoms with van der Waals surface area (Å²) in [4.78, 5) is 20.2. The summed E-state index contributed by atoms with van der Waals surface area (Å²) in [5.74, 6) is -1.34. The summed E-state index contributed by atoms with van der Waals surface area (Å²) in [6.45, 7) is 3.92. The molecule has 0 saturated carbocycles. The molecule has 0 amide bonds. The van der Waals surface area contributed by atoms with Crippen LogP contribution in [0.2, 0.25) is 0 Å². The number of carboxylic acids is 2. The van der Waals surface area contributed by atoms with Gasteiger partial charge in [-0.05, 0) is 57.1 Å². The molecule has 1 aromatic heterocycles. The number of hydrogen-bond donors (Lipinski definition) is 3. The molecule has 11 heteroatoms. The number of nitrogens with zero attached hydrogens (tertiary/aromatic N) is 1. The van der Waals surface area contributed by atoms with Crippen molar-refractivity contribution in [3.63, 3.8) is 0 Å². The number of carbonyl (C=O) groups is 2. The van der Waals surface area contributed by atoms with Crippen LogP contribution in [0.5, 0.6) is 23.0 Å². The third kappa shape index (κ3) is 8.79. The Morgan fingerprint density at radius 3 is 2.10 bits per heavy atom. The van der Waals surface area contributed by atoms with Gasteiger partial charge >= 0.3 is 11.9 Å². The summed E-state index contributed by atoms with van der Waals surface area (Å²) in [7, 11) is 7.11. The van der Waals surface area contributed by atoms with Crippen LogP contribution in [-0.2, 0) is 16.0 Å². The average Bonchev–Trinajstić information content (AvgIpc) is 3.40. The Kier molecular flexibility index (Phi) is 12.4. The fourth-order valence-corrected chi connectivity index (χ4v) is 3.74. The van der Waals surface area contributed by atoms with Crippen molar-refractivity contribution in [2.45, 2.75) is 32.3 Å². The fourth-order valence-electron chi connectivity index (χ4n) is 3.74. The molecule has 0 bridgehead atoms. The second-order valence-corrected chi connectivity index (χ2v) is 8.78. The predicted octanol–water partition coefficient (Wildman–Crippen LogP) is 4.00. The first-order valence-electron chi connectivity index (χ1n) is 12.4. The summed E-state index contributed by atoms with van der Waals surface area (Å²) in [5, 5.41) is 26.8. The highest BCUT2D eigenvalue weighted by atomic mass is 16.5. The van der Waals surface area contributed by atoms with Gasteiger partial charge < -0.3 is 43.6 Å². The third-order valence-corrected chi connectivity index (χ3v) is 5.62. The second kappa shape index (κ2) is 15.5. The average molecular weight is 548 g/mol. The van der Waals surface area contributed by atoms with E-state index in [4.69, 9.17) is 43.2 Å². The lowest BCUT2D eigenvalue weighted by molar-refractivity contribution is -0.159. The molecule has 0 spiro atoms. The molecule has 39 heavy (non-hydrogen) atoms. The smallest absolute Gasteiger partial charge is 0.414 e. The topological polar surface area (TPSA) is 148 Å². The lowest BCUT2D eigenvalue weighted by Crippen LogP contribution is -2.20. The number of methoxy groups -OCH3 is 2. The Balaban J connectivity index is 0.000000798. The van der Waals surface area contributed by atoms with E-state index in [0.717, 1.165) is 23.1 Å². The number of likely N-dealkylation sites (N-methyl/N-ethyl adjacent to an activating group) is 1. The first kappa shape index (κ1) is 31.3. The standard InChI is InChI=1S/C26H35NO6.C2H2O4/c1-6-15-31-19-10-7-18(8-11-19)9-12-21(28)22-23(29-4)20-13-16-32-24(20)26(30-5)25(22)33-17-14-27(2)3;3-1(4)2(5)6/h7-8,10-11,13,16,21,28H,6,9,12,14-15,17H2,1-5H3;(H,3,4)(H,5,6). The first-order valence-corrected chi connectivity index (χ1v) is 12.4. The molecule has 1 heterocycles. The van der Waals surface area contributed by atoms with E-state index in [0.29, 0.717) is 61.0 Å². The number of aliphatic hydroxyl groups is 1. The van der Waals surface area contributed by atoms with Crippen molar-refractivity contribution < 1.29 is 48.3 Å². The molecule has 3 aromatic rings. The van der Waals surface area contributed by atoms with Crippen LogP contribution in [0.3, 0.4) is 0 Å². The van der Waals surface area contributed by atoms with Crippen molar-refractivity contribution in [2.75, 3.05) is 48.1 Å². The minimum Gasteiger partial charge on any atom is -0.495 e. The molecule has 3 N–H and O–H groups in total. The fraction of sp³-hybridized carbons (Fsp3) is 0.429. The van der Waals surface area contributed by atoms with E-state index in [1.165, 1.54) is 0 Å². The van der Waals surface area contributed by atoms with Gasteiger partial charge in [-0.1, -0.05) is 19.1 Å². The number of furan rings is 1. The quantitative estimate of drug-likeness (QED) is 0.267. The van der Waals surface area contributed by atoms with Crippen molar-refractivity contribution >= 4 is 22.9 Å². The number of rotatable bonds is 13. The highest BCUT2D eigenvalue weighted by Gasteiger charge is 2.29. The summed E-state index contributed by atoms with van der Waals surface area (Å²) in [5.41, 5.74) is 2.22. The molecule has 0 aliphatic heterocycles. The van der Waals surface area contributed by atoms with Crippen molar-refractivity contribution in [1.82, 2.24) is 4.90 Å². The van der Waals surface area contributed by atoms with Crippen molar-refractivity contribution in [1.29, 1.82) is 0 Å². The minimum absolute atomic E-state index is 0.428. The van der Waals surface area contributed by atoms with Crippen LogP contribution in [0.4, 0.5) is 0 Å². The van der Waals surface area contributed by atoms with Gasteiger partial charge in [0.15, 0.2) is 11.3 Å². The number of carboxylic acid groups (broad SMARTS) is 2. The second-order valence-electron chi connectivity index (χ2n) is 8.78. The zero-order valence-electron chi connectivity index (χ0n) is 22.9. The van der Waals surface area contributed by atoms with E-state index < -0.39 is 18.0 Å². The molecular weight excluding hydrogens is 510 g/mol. The van der Waals surface area contributed by atoms with E-state index in [9.17, 15) is 5.11 Å². The van der Waals surface area contributed by atoms with Crippen molar-refractivity contribution in [3.8, 4) is 23.0 Å². The Hall–Kier alpha value is -3.96. The van der Waals surface area contributed by atoms with Gasteiger partial charge in [-0.25, -0.2) is 9.59 Å². The Morgan fingerprint density at radius 2 is 1.56 bits per heavy atom. The van der Waals surface area contributed by atoms with Crippen LogP contribution in [0.1, 0.15) is 37.0 Å². The molecule has 214 valence electrons. The van der Waals surface area contributed by atoms with E-state index in [1.807, 2.05) is 49.3 Å². The molecule has 2 aromatic carbocycles. The zero-order valence-corrected chi connectivity index (χ0v) is 22.9. The van der Waals surface area contributed by atoms with Gasteiger partial charge in [0.1, 0.15) is 18.1 Å². The number of fused-ring (bicyclic) bond motifs is 1. The summed E-state index contributed by atoms with van der Waals surface area (Å²) in [6.07, 6.45) is 2.90. The molecule has 1 atom stereocenters. The number of aryl methyl sites for hydroxylation is 1. The highest BCUT2D eigenvalue weighted by molar-refractivity contribution is 6.27. The van der Waals surface area contributed by atoms with Crippen LogP contribution in [0, 0.1) is 0 Å². The first-order chi connectivity index (χ1) is 18.6. The van der Waals surface area contributed by atoms with Gasteiger partial charge in [0.25, 0.3) is 0 Å². The molecule has 0 fully saturated rings. The monoisotopic (exact) mass is 547 g/mol.